The second-order valence-corrected chi connectivity index (χ2v) is 8.53. The molecule has 2 heteroatoms. The largest absolute Gasteiger partial charge is 0.494 e. The van der Waals surface area contributed by atoms with Crippen LogP contribution in [0.15, 0.2) is 48.5 Å². The molecule has 0 aliphatic rings. The van der Waals surface area contributed by atoms with Crippen molar-refractivity contribution in [1.82, 2.24) is 5.32 Å². The SMILES string of the molecule is CCCCCCOc1ccc(C(C)NCc2ccc(C(C)(C)C)cc2)cc1. The van der Waals surface area contributed by atoms with E-state index in [-0.39, 0.29) is 5.41 Å². The quantitative estimate of drug-likeness (QED) is 0.467. The highest BCUT2D eigenvalue weighted by Crippen LogP contribution is 2.23. The summed E-state index contributed by atoms with van der Waals surface area (Å²) >= 11 is 0. The van der Waals surface area contributed by atoms with Crippen molar-refractivity contribution in [2.45, 2.75) is 78.3 Å². The van der Waals surface area contributed by atoms with E-state index in [0.717, 1.165) is 25.3 Å². The molecule has 2 nitrogen and oxygen atoms in total. The van der Waals surface area contributed by atoms with Gasteiger partial charge in [-0.1, -0.05) is 83.4 Å². The maximum Gasteiger partial charge on any atom is 0.119 e. The normalized spacial score (nSPS) is 12.8. The van der Waals surface area contributed by atoms with Crippen LogP contribution in [0, 0.1) is 0 Å². The van der Waals surface area contributed by atoms with Gasteiger partial charge in [-0.25, -0.2) is 0 Å². The van der Waals surface area contributed by atoms with E-state index in [2.05, 4.69) is 88.5 Å². The Labute approximate surface area is 166 Å². The molecule has 0 spiro atoms. The van der Waals surface area contributed by atoms with E-state index >= 15 is 0 Å². The van der Waals surface area contributed by atoms with Gasteiger partial charge in [-0.2, -0.15) is 0 Å². The van der Waals surface area contributed by atoms with Gasteiger partial charge in [0.25, 0.3) is 0 Å². The minimum Gasteiger partial charge on any atom is -0.494 e. The fourth-order valence-electron chi connectivity index (χ4n) is 3.08. The van der Waals surface area contributed by atoms with Gasteiger partial charge >= 0.3 is 0 Å². The fraction of sp³-hybridized carbons (Fsp3) is 0.520. The van der Waals surface area contributed by atoms with Gasteiger partial charge in [0.1, 0.15) is 5.75 Å². The standard InChI is InChI=1S/C25H37NO/c1-6-7-8-9-18-27-24-16-12-22(13-17-24)20(2)26-19-21-10-14-23(15-11-21)25(3,4)5/h10-17,20,26H,6-9,18-19H2,1-5H3. The molecular weight excluding hydrogens is 330 g/mol. The number of ether oxygens (including phenoxy) is 1. The molecule has 27 heavy (non-hydrogen) atoms. The second-order valence-electron chi connectivity index (χ2n) is 8.53. The first-order chi connectivity index (χ1) is 12.9. The first kappa shape index (κ1) is 21.5. The van der Waals surface area contributed by atoms with Crippen molar-refractivity contribution in [2.75, 3.05) is 6.61 Å². The Morgan fingerprint density at radius 2 is 1.56 bits per heavy atom. The minimum absolute atomic E-state index is 0.207. The third kappa shape index (κ3) is 7.38. The van der Waals surface area contributed by atoms with Crippen molar-refractivity contribution in [3.8, 4) is 5.75 Å². The summed E-state index contributed by atoms with van der Waals surface area (Å²) in [7, 11) is 0. The van der Waals surface area contributed by atoms with E-state index in [1.165, 1.54) is 36.0 Å². The van der Waals surface area contributed by atoms with Crippen LogP contribution in [0.1, 0.15) is 83.0 Å². The molecule has 0 heterocycles. The van der Waals surface area contributed by atoms with Crippen LogP contribution in [0.2, 0.25) is 0 Å². The van der Waals surface area contributed by atoms with Gasteiger partial charge in [0.05, 0.1) is 6.61 Å². The smallest absolute Gasteiger partial charge is 0.119 e. The first-order valence-corrected chi connectivity index (χ1v) is 10.5. The van der Waals surface area contributed by atoms with Gasteiger partial charge in [0, 0.05) is 12.6 Å². The predicted molar refractivity (Wildman–Crippen MR) is 116 cm³/mol. The van der Waals surface area contributed by atoms with Crippen LogP contribution >= 0.6 is 0 Å². The molecule has 0 aliphatic carbocycles. The summed E-state index contributed by atoms with van der Waals surface area (Å²) in [5, 5.41) is 3.62. The Morgan fingerprint density at radius 3 is 2.15 bits per heavy atom. The third-order valence-corrected chi connectivity index (χ3v) is 5.08. The molecule has 0 aromatic heterocycles. The summed E-state index contributed by atoms with van der Waals surface area (Å²) in [5.74, 6) is 0.972. The van der Waals surface area contributed by atoms with E-state index in [4.69, 9.17) is 4.74 Å². The Hall–Kier alpha value is -1.80. The molecule has 0 fully saturated rings. The van der Waals surface area contributed by atoms with Crippen molar-refractivity contribution in [2.24, 2.45) is 0 Å². The van der Waals surface area contributed by atoms with E-state index in [0.29, 0.717) is 6.04 Å². The number of hydrogen-bond donors (Lipinski definition) is 1. The molecule has 0 radical (unpaired) electrons. The summed E-state index contributed by atoms with van der Waals surface area (Å²) in [4.78, 5) is 0. The molecule has 2 aromatic carbocycles. The van der Waals surface area contributed by atoms with E-state index in [1.807, 2.05) is 0 Å². The van der Waals surface area contributed by atoms with Crippen molar-refractivity contribution in [3.63, 3.8) is 0 Å². The summed E-state index contributed by atoms with van der Waals surface area (Å²) < 4.78 is 5.83. The van der Waals surface area contributed by atoms with Gasteiger partial charge in [-0.3, -0.25) is 0 Å². The highest BCUT2D eigenvalue weighted by Gasteiger charge is 2.13. The molecule has 2 aromatic rings. The Kier molecular flexibility index (Phi) is 8.37. The van der Waals surface area contributed by atoms with Crippen LogP contribution in [-0.2, 0) is 12.0 Å². The number of rotatable bonds is 10. The van der Waals surface area contributed by atoms with Crippen molar-refractivity contribution in [3.05, 3.63) is 65.2 Å². The molecule has 0 amide bonds. The Balaban J connectivity index is 1.79. The molecule has 1 atom stereocenters. The first-order valence-electron chi connectivity index (χ1n) is 10.5. The van der Waals surface area contributed by atoms with Crippen molar-refractivity contribution < 1.29 is 4.74 Å². The van der Waals surface area contributed by atoms with E-state index in [1.54, 1.807) is 0 Å². The third-order valence-electron chi connectivity index (χ3n) is 5.08. The maximum absolute atomic E-state index is 5.83. The van der Waals surface area contributed by atoms with E-state index < -0.39 is 0 Å². The summed E-state index contributed by atoms with van der Waals surface area (Å²) in [6, 6.07) is 17.8. The van der Waals surface area contributed by atoms with Gasteiger partial charge in [-0.15, -0.1) is 0 Å². The van der Waals surface area contributed by atoms with Gasteiger partial charge in [0.2, 0.25) is 0 Å². The lowest BCUT2D eigenvalue weighted by atomic mass is 9.87. The lowest BCUT2D eigenvalue weighted by Gasteiger charge is -2.20. The van der Waals surface area contributed by atoms with Crippen LogP contribution in [0.4, 0.5) is 0 Å². The van der Waals surface area contributed by atoms with Crippen LogP contribution in [0.25, 0.3) is 0 Å². The second kappa shape index (κ2) is 10.5. The minimum atomic E-state index is 0.207. The molecule has 1 unspecified atom stereocenters. The molecule has 1 N–H and O–H groups in total. The predicted octanol–water partition coefficient (Wildman–Crippen LogP) is 6.79. The number of unbranched alkanes of at least 4 members (excludes halogenated alkanes) is 3. The zero-order chi connectivity index (χ0) is 19.7. The zero-order valence-corrected chi connectivity index (χ0v) is 17.8. The molecule has 0 saturated heterocycles. The number of benzene rings is 2. The monoisotopic (exact) mass is 367 g/mol. The lowest BCUT2D eigenvalue weighted by molar-refractivity contribution is 0.305. The molecular formula is C25H37NO. The summed E-state index contributed by atoms with van der Waals surface area (Å²) in [6.07, 6.45) is 4.96. The molecule has 0 saturated carbocycles. The number of hydrogen-bond acceptors (Lipinski definition) is 2. The zero-order valence-electron chi connectivity index (χ0n) is 17.8. The number of nitrogens with one attached hydrogen (secondary N) is 1. The van der Waals surface area contributed by atoms with Crippen LogP contribution < -0.4 is 10.1 Å². The highest BCUT2D eigenvalue weighted by atomic mass is 16.5. The molecule has 2 rings (SSSR count). The average Bonchev–Trinajstić information content (AvgIpc) is 2.66. The van der Waals surface area contributed by atoms with E-state index in [9.17, 15) is 0 Å². The Bertz CT molecular complexity index is 652. The van der Waals surface area contributed by atoms with Crippen molar-refractivity contribution >= 4 is 0 Å². The molecule has 0 bridgehead atoms. The highest BCUT2D eigenvalue weighted by molar-refractivity contribution is 5.30. The summed E-state index contributed by atoms with van der Waals surface area (Å²) in [5.41, 5.74) is 4.20. The fourth-order valence-corrected chi connectivity index (χ4v) is 3.08. The topological polar surface area (TPSA) is 21.3 Å². The Morgan fingerprint density at radius 1 is 0.889 bits per heavy atom. The van der Waals surface area contributed by atoms with Gasteiger partial charge in [-0.05, 0) is 47.6 Å². The van der Waals surface area contributed by atoms with Crippen LogP contribution in [0.5, 0.6) is 5.75 Å². The lowest BCUT2D eigenvalue weighted by Crippen LogP contribution is -2.18. The van der Waals surface area contributed by atoms with Crippen molar-refractivity contribution in [1.29, 1.82) is 0 Å². The van der Waals surface area contributed by atoms with Crippen LogP contribution in [0.3, 0.4) is 0 Å². The average molecular weight is 368 g/mol. The van der Waals surface area contributed by atoms with Gasteiger partial charge < -0.3 is 10.1 Å². The molecule has 148 valence electrons. The maximum atomic E-state index is 5.83. The molecule has 0 aliphatic heterocycles. The van der Waals surface area contributed by atoms with Crippen LogP contribution in [-0.4, -0.2) is 6.61 Å². The van der Waals surface area contributed by atoms with Gasteiger partial charge in [0.15, 0.2) is 0 Å². The summed E-state index contributed by atoms with van der Waals surface area (Å²) in [6.45, 7) is 12.9.